The van der Waals surface area contributed by atoms with E-state index >= 15 is 0 Å². The smallest absolute Gasteiger partial charge is 0.303 e. The zero-order chi connectivity index (χ0) is 11.3. The SMILES string of the molecule is CSc1cccc(SC)c1CCC(=O)O. The maximum atomic E-state index is 10.6. The van der Waals surface area contributed by atoms with Crippen LogP contribution < -0.4 is 0 Å². The quantitative estimate of drug-likeness (QED) is 0.805. The molecule has 0 bridgehead atoms. The Kier molecular flexibility index (Phi) is 5.05. The summed E-state index contributed by atoms with van der Waals surface area (Å²) in [7, 11) is 0. The van der Waals surface area contributed by atoms with Crippen LogP contribution in [0.3, 0.4) is 0 Å². The Hall–Kier alpha value is -0.610. The van der Waals surface area contributed by atoms with Crippen molar-refractivity contribution in [2.75, 3.05) is 12.5 Å². The normalized spacial score (nSPS) is 10.3. The third-order valence-electron chi connectivity index (χ3n) is 2.12. The van der Waals surface area contributed by atoms with Gasteiger partial charge in [0, 0.05) is 16.2 Å². The first kappa shape index (κ1) is 12.5. The molecule has 0 saturated carbocycles. The van der Waals surface area contributed by atoms with Crippen LogP contribution in [0.1, 0.15) is 12.0 Å². The monoisotopic (exact) mass is 242 g/mol. The number of rotatable bonds is 5. The summed E-state index contributed by atoms with van der Waals surface area (Å²) in [6.45, 7) is 0. The van der Waals surface area contributed by atoms with Gasteiger partial charge in [0.15, 0.2) is 0 Å². The van der Waals surface area contributed by atoms with Crippen molar-refractivity contribution in [1.29, 1.82) is 0 Å². The molecule has 0 heterocycles. The highest BCUT2D eigenvalue weighted by Crippen LogP contribution is 2.30. The summed E-state index contributed by atoms with van der Waals surface area (Å²) in [6, 6.07) is 6.10. The van der Waals surface area contributed by atoms with Gasteiger partial charge in [0.05, 0.1) is 0 Å². The Morgan fingerprint density at radius 2 is 1.80 bits per heavy atom. The number of thioether (sulfide) groups is 2. The van der Waals surface area contributed by atoms with Crippen LogP contribution in [0.4, 0.5) is 0 Å². The standard InChI is InChI=1S/C11H14O2S2/c1-14-9-4-3-5-10(15-2)8(9)6-7-11(12)13/h3-5H,6-7H2,1-2H3,(H,12,13). The molecular weight excluding hydrogens is 228 g/mol. The molecule has 0 saturated heterocycles. The van der Waals surface area contributed by atoms with Crippen LogP contribution in [0.25, 0.3) is 0 Å². The second-order valence-corrected chi connectivity index (χ2v) is 4.73. The van der Waals surface area contributed by atoms with Crippen molar-refractivity contribution < 1.29 is 9.90 Å². The van der Waals surface area contributed by atoms with Gasteiger partial charge in [0.2, 0.25) is 0 Å². The minimum Gasteiger partial charge on any atom is -0.481 e. The van der Waals surface area contributed by atoms with Crippen LogP contribution in [0, 0.1) is 0 Å². The van der Waals surface area contributed by atoms with Crippen molar-refractivity contribution in [3.63, 3.8) is 0 Å². The molecule has 0 radical (unpaired) electrons. The molecule has 4 heteroatoms. The third kappa shape index (κ3) is 3.47. The van der Waals surface area contributed by atoms with Crippen molar-refractivity contribution in [2.24, 2.45) is 0 Å². The van der Waals surface area contributed by atoms with Gasteiger partial charge in [-0.15, -0.1) is 23.5 Å². The van der Waals surface area contributed by atoms with Gasteiger partial charge in [-0.25, -0.2) is 0 Å². The van der Waals surface area contributed by atoms with E-state index in [0.717, 1.165) is 0 Å². The number of benzene rings is 1. The lowest BCUT2D eigenvalue weighted by molar-refractivity contribution is -0.136. The summed E-state index contributed by atoms with van der Waals surface area (Å²) in [4.78, 5) is 12.9. The fourth-order valence-electron chi connectivity index (χ4n) is 1.41. The minimum absolute atomic E-state index is 0.200. The Bertz CT molecular complexity index is 328. The van der Waals surface area contributed by atoms with E-state index < -0.39 is 5.97 Å². The first-order valence-electron chi connectivity index (χ1n) is 4.60. The zero-order valence-electron chi connectivity index (χ0n) is 8.82. The van der Waals surface area contributed by atoms with E-state index in [0.29, 0.717) is 6.42 Å². The van der Waals surface area contributed by atoms with E-state index in [4.69, 9.17) is 5.11 Å². The highest BCUT2D eigenvalue weighted by atomic mass is 32.2. The molecule has 82 valence electrons. The molecule has 2 nitrogen and oxygen atoms in total. The summed E-state index contributed by atoms with van der Waals surface area (Å²) >= 11 is 3.34. The third-order valence-corrected chi connectivity index (χ3v) is 3.76. The highest BCUT2D eigenvalue weighted by Gasteiger charge is 2.08. The van der Waals surface area contributed by atoms with Crippen LogP contribution in [-0.4, -0.2) is 23.6 Å². The number of carboxylic acid groups (broad SMARTS) is 1. The van der Waals surface area contributed by atoms with Crippen LogP contribution >= 0.6 is 23.5 Å². The molecule has 0 aliphatic rings. The lowest BCUT2D eigenvalue weighted by Gasteiger charge is -2.10. The minimum atomic E-state index is -0.738. The molecule has 0 aliphatic heterocycles. The molecule has 0 aromatic heterocycles. The van der Waals surface area contributed by atoms with Crippen LogP contribution in [0.15, 0.2) is 28.0 Å². The van der Waals surface area contributed by atoms with Gasteiger partial charge in [-0.05, 0) is 36.6 Å². The van der Waals surface area contributed by atoms with Crippen LogP contribution in [0.2, 0.25) is 0 Å². The fourth-order valence-corrected chi connectivity index (χ4v) is 2.82. The van der Waals surface area contributed by atoms with E-state index in [9.17, 15) is 4.79 Å². The van der Waals surface area contributed by atoms with E-state index in [2.05, 4.69) is 0 Å². The van der Waals surface area contributed by atoms with Gasteiger partial charge in [-0.2, -0.15) is 0 Å². The average molecular weight is 242 g/mol. The van der Waals surface area contributed by atoms with Gasteiger partial charge >= 0.3 is 5.97 Å². The van der Waals surface area contributed by atoms with E-state index in [1.165, 1.54) is 15.4 Å². The van der Waals surface area contributed by atoms with Crippen molar-refractivity contribution >= 4 is 29.5 Å². The molecule has 0 spiro atoms. The molecule has 1 aromatic rings. The van der Waals surface area contributed by atoms with Crippen LogP contribution in [0.5, 0.6) is 0 Å². The molecular formula is C11H14O2S2. The number of carboxylic acids is 1. The van der Waals surface area contributed by atoms with Gasteiger partial charge in [-0.3, -0.25) is 4.79 Å². The number of hydrogen-bond donors (Lipinski definition) is 1. The average Bonchev–Trinajstić information content (AvgIpc) is 2.25. The Labute approximate surface area is 98.5 Å². The van der Waals surface area contributed by atoms with Gasteiger partial charge in [-0.1, -0.05) is 6.07 Å². The molecule has 0 amide bonds. The second-order valence-electron chi connectivity index (χ2n) is 3.03. The summed E-state index contributed by atoms with van der Waals surface area (Å²) in [5.74, 6) is -0.738. The topological polar surface area (TPSA) is 37.3 Å². The summed E-state index contributed by atoms with van der Waals surface area (Å²) in [5, 5.41) is 8.69. The van der Waals surface area contributed by atoms with E-state index in [-0.39, 0.29) is 6.42 Å². The molecule has 0 atom stereocenters. The second kappa shape index (κ2) is 6.08. The largest absolute Gasteiger partial charge is 0.481 e. The Morgan fingerprint density at radius 3 is 2.20 bits per heavy atom. The number of aliphatic carboxylic acids is 1. The zero-order valence-corrected chi connectivity index (χ0v) is 10.5. The first-order chi connectivity index (χ1) is 7.19. The molecule has 0 fully saturated rings. The Morgan fingerprint density at radius 1 is 1.27 bits per heavy atom. The summed E-state index contributed by atoms with van der Waals surface area (Å²) < 4.78 is 0. The van der Waals surface area contributed by atoms with Gasteiger partial charge in [0.1, 0.15) is 0 Å². The lowest BCUT2D eigenvalue weighted by atomic mass is 10.1. The van der Waals surface area contributed by atoms with Crippen LogP contribution in [-0.2, 0) is 11.2 Å². The molecule has 1 N–H and O–H groups in total. The maximum absolute atomic E-state index is 10.6. The lowest BCUT2D eigenvalue weighted by Crippen LogP contribution is -2.00. The first-order valence-corrected chi connectivity index (χ1v) is 7.05. The summed E-state index contributed by atoms with van der Waals surface area (Å²) in [5.41, 5.74) is 1.17. The molecule has 0 aliphatic carbocycles. The van der Waals surface area contributed by atoms with Gasteiger partial charge in [0.25, 0.3) is 0 Å². The Balaban J connectivity index is 2.94. The fraction of sp³-hybridized carbons (Fsp3) is 0.364. The molecule has 0 unspecified atom stereocenters. The highest BCUT2D eigenvalue weighted by molar-refractivity contribution is 7.99. The van der Waals surface area contributed by atoms with E-state index in [1.54, 1.807) is 23.5 Å². The van der Waals surface area contributed by atoms with Gasteiger partial charge < -0.3 is 5.11 Å². The number of hydrogen-bond acceptors (Lipinski definition) is 3. The predicted molar refractivity (Wildman–Crippen MR) is 66.0 cm³/mol. The van der Waals surface area contributed by atoms with Crippen molar-refractivity contribution in [2.45, 2.75) is 22.6 Å². The molecule has 15 heavy (non-hydrogen) atoms. The van der Waals surface area contributed by atoms with Crippen molar-refractivity contribution in [1.82, 2.24) is 0 Å². The summed E-state index contributed by atoms with van der Waals surface area (Å²) in [6.07, 6.45) is 4.85. The maximum Gasteiger partial charge on any atom is 0.303 e. The molecule has 1 rings (SSSR count). The predicted octanol–water partition coefficient (Wildman–Crippen LogP) is 3.15. The van der Waals surface area contributed by atoms with E-state index in [1.807, 2.05) is 30.7 Å². The molecule has 1 aromatic carbocycles. The van der Waals surface area contributed by atoms with Crippen molar-refractivity contribution in [3.05, 3.63) is 23.8 Å². The van der Waals surface area contributed by atoms with Crippen molar-refractivity contribution in [3.8, 4) is 0 Å². The number of carbonyl (C=O) groups is 1.